The maximum absolute atomic E-state index is 13.8. The van der Waals surface area contributed by atoms with Gasteiger partial charge in [0.15, 0.2) is 5.82 Å². The molecule has 1 heterocycles. The minimum atomic E-state index is -0.621. The number of methoxy groups -OCH3 is 1. The summed E-state index contributed by atoms with van der Waals surface area (Å²) in [6.07, 6.45) is 0.203. The molecule has 1 aromatic heterocycles. The van der Waals surface area contributed by atoms with Gasteiger partial charge >= 0.3 is 5.97 Å². The fourth-order valence-corrected chi connectivity index (χ4v) is 2.76. The molecule has 0 amide bonds. The summed E-state index contributed by atoms with van der Waals surface area (Å²) in [4.78, 5) is 12.9. The van der Waals surface area contributed by atoms with Crippen LogP contribution < -0.4 is 5.32 Å². The minimum absolute atomic E-state index is 0.127. The number of anilines is 1. The van der Waals surface area contributed by atoms with E-state index in [2.05, 4.69) is 10.1 Å². The molecule has 2 rings (SSSR count). The van der Waals surface area contributed by atoms with E-state index >= 15 is 0 Å². The third-order valence-corrected chi connectivity index (χ3v) is 4.07. The lowest BCUT2D eigenvalue weighted by Crippen LogP contribution is -2.04. The van der Waals surface area contributed by atoms with Crippen molar-refractivity contribution in [2.24, 2.45) is 0 Å². The van der Waals surface area contributed by atoms with Crippen LogP contribution in [0.15, 0.2) is 24.3 Å². The third kappa shape index (κ3) is 3.78. The molecular formula is C15H15F2NO2S. The van der Waals surface area contributed by atoms with Crippen molar-refractivity contribution in [1.29, 1.82) is 0 Å². The van der Waals surface area contributed by atoms with Crippen LogP contribution in [-0.2, 0) is 22.5 Å². The van der Waals surface area contributed by atoms with Crippen molar-refractivity contribution >= 4 is 23.0 Å². The summed E-state index contributed by atoms with van der Waals surface area (Å²) < 4.78 is 32.0. The lowest BCUT2D eigenvalue weighted by Gasteiger charge is -2.09. The van der Waals surface area contributed by atoms with E-state index in [9.17, 15) is 13.6 Å². The van der Waals surface area contributed by atoms with Gasteiger partial charge in [-0.05, 0) is 30.7 Å². The van der Waals surface area contributed by atoms with Crippen molar-refractivity contribution in [1.82, 2.24) is 0 Å². The Morgan fingerprint density at radius 1 is 1.24 bits per heavy atom. The molecule has 21 heavy (non-hydrogen) atoms. The van der Waals surface area contributed by atoms with Gasteiger partial charge < -0.3 is 10.1 Å². The zero-order valence-electron chi connectivity index (χ0n) is 11.7. The second kappa shape index (κ2) is 6.67. The van der Waals surface area contributed by atoms with Crippen LogP contribution in [0.5, 0.6) is 0 Å². The number of ether oxygens (including phenoxy) is 1. The largest absolute Gasteiger partial charge is 0.469 e. The number of aryl methyl sites for hydroxylation is 1. The van der Waals surface area contributed by atoms with E-state index in [0.717, 1.165) is 9.75 Å². The van der Waals surface area contributed by atoms with Crippen LogP contribution in [0.2, 0.25) is 0 Å². The maximum atomic E-state index is 13.8. The average Bonchev–Trinajstić information content (AvgIpc) is 2.90. The summed E-state index contributed by atoms with van der Waals surface area (Å²) in [6, 6.07) is 6.26. The van der Waals surface area contributed by atoms with E-state index in [1.807, 2.05) is 12.1 Å². The van der Waals surface area contributed by atoms with Crippen molar-refractivity contribution in [2.75, 3.05) is 12.4 Å². The number of carbonyl (C=O) groups excluding carboxylic acids is 1. The summed E-state index contributed by atoms with van der Waals surface area (Å²) in [6.45, 7) is 1.88. The Hall–Kier alpha value is -1.95. The minimum Gasteiger partial charge on any atom is -0.469 e. The molecule has 0 saturated heterocycles. The molecule has 6 heteroatoms. The quantitative estimate of drug-likeness (QED) is 0.856. The molecule has 0 bridgehead atoms. The number of rotatable bonds is 5. The highest BCUT2D eigenvalue weighted by molar-refractivity contribution is 7.12. The molecule has 0 unspecified atom stereocenters. The second-order valence-corrected chi connectivity index (χ2v) is 5.78. The van der Waals surface area contributed by atoms with E-state index in [4.69, 9.17) is 0 Å². The number of esters is 1. The van der Waals surface area contributed by atoms with Crippen LogP contribution in [0.1, 0.15) is 15.3 Å². The van der Waals surface area contributed by atoms with Crippen LogP contribution in [0.25, 0.3) is 0 Å². The van der Waals surface area contributed by atoms with Gasteiger partial charge in [-0.3, -0.25) is 4.79 Å². The fraction of sp³-hybridized carbons (Fsp3) is 0.267. The monoisotopic (exact) mass is 311 g/mol. The number of carbonyl (C=O) groups is 1. The van der Waals surface area contributed by atoms with Gasteiger partial charge in [0.25, 0.3) is 0 Å². The first-order chi connectivity index (χ1) is 10.0. The molecule has 0 saturated carbocycles. The molecular weight excluding hydrogens is 296 g/mol. The smallest absolute Gasteiger partial charge is 0.310 e. The lowest BCUT2D eigenvalue weighted by atomic mass is 10.2. The zero-order valence-corrected chi connectivity index (χ0v) is 12.5. The van der Waals surface area contributed by atoms with Crippen molar-refractivity contribution in [3.8, 4) is 0 Å². The average molecular weight is 311 g/mol. The van der Waals surface area contributed by atoms with E-state index in [0.29, 0.717) is 12.1 Å². The summed E-state index contributed by atoms with van der Waals surface area (Å²) in [5.41, 5.74) is 0.259. The molecule has 112 valence electrons. The number of thiophene rings is 1. The molecule has 1 N–H and O–H groups in total. The van der Waals surface area contributed by atoms with E-state index in [1.54, 1.807) is 6.92 Å². The number of benzene rings is 1. The Morgan fingerprint density at radius 3 is 2.67 bits per heavy atom. The second-order valence-electron chi connectivity index (χ2n) is 4.53. The zero-order chi connectivity index (χ0) is 15.4. The number of halogens is 2. The summed E-state index contributed by atoms with van der Waals surface area (Å²) in [5, 5.41) is 2.76. The van der Waals surface area contributed by atoms with E-state index in [-0.39, 0.29) is 18.1 Å². The topological polar surface area (TPSA) is 38.3 Å². The summed E-state index contributed by atoms with van der Waals surface area (Å²) in [7, 11) is 1.34. The van der Waals surface area contributed by atoms with E-state index in [1.165, 1.54) is 30.6 Å². The van der Waals surface area contributed by atoms with Gasteiger partial charge in [0, 0.05) is 16.3 Å². The van der Waals surface area contributed by atoms with Crippen LogP contribution in [-0.4, -0.2) is 13.1 Å². The molecule has 2 aromatic rings. The van der Waals surface area contributed by atoms with Gasteiger partial charge in [-0.15, -0.1) is 11.3 Å². The van der Waals surface area contributed by atoms with Crippen molar-refractivity contribution in [3.63, 3.8) is 0 Å². The highest BCUT2D eigenvalue weighted by atomic mass is 32.1. The van der Waals surface area contributed by atoms with Crippen LogP contribution in [0.3, 0.4) is 0 Å². The Morgan fingerprint density at radius 2 is 1.95 bits per heavy atom. The number of hydrogen-bond donors (Lipinski definition) is 1. The molecule has 0 fully saturated rings. The first-order valence-corrected chi connectivity index (χ1v) is 7.15. The Labute approximate surface area is 125 Å². The number of nitrogens with one attached hydrogen (secondary N) is 1. The van der Waals surface area contributed by atoms with Crippen LogP contribution in [0, 0.1) is 18.6 Å². The van der Waals surface area contributed by atoms with Crippen molar-refractivity contribution in [2.45, 2.75) is 19.9 Å². The molecule has 0 aliphatic carbocycles. The highest BCUT2D eigenvalue weighted by Crippen LogP contribution is 2.24. The predicted molar refractivity (Wildman–Crippen MR) is 78.5 cm³/mol. The molecule has 0 spiro atoms. The first-order valence-electron chi connectivity index (χ1n) is 6.34. The van der Waals surface area contributed by atoms with Gasteiger partial charge in [-0.1, -0.05) is 6.07 Å². The normalized spacial score (nSPS) is 10.5. The summed E-state index contributed by atoms with van der Waals surface area (Å²) >= 11 is 1.40. The molecule has 0 aliphatic rings. The Bertz CT molecular complexity index is 655. The maximum Gasteiger partial charge on any atom is 0.310 e. The van der Waals surface area contributed by atoms with Gasteiger partial charge in [0.2, 0.25) is 0 Å². The highest BCUT2D eigenvalue weighted by Gasteiger charge is 2.12. The lowest BCUT2D eigenvalue weighted by molar-refractivity contribution is -0.139. The Kier molecular flexibility index (Phi) is 4.90. The third-order valence-electron chi connectivity index (χ3n) is 2.99. The van der Waals surface area contributed by atoms with Gasteiger partial charge in [-0.25, -0.2) is 8.78 Å². The standard InChI is InChI=1S/C15H15F2NO2S/c1-9-3-6-12(16)15(14(9)17)18-8-11-5-4-10(21-11)7-13(19)20-2/h3-6,18H,7-8H2,1-2H3. The predicted octanol–water partition coefficient (Wildman–Crippen LogP) is 3.66. The summed E-state index contributed by atoms with van der Waals surface area (Å²) in [5.74, 6) is -1.52. The fourth-order valence-electron chi connectivity index (χ4n) is 1.82. The molecule has 0 aliphatic heterocycles. The van der Waals surface area contributed by atoms with Crippen molar-refractivity contribution in [3.05, 3.63) is 51.2 Å². The number of hydrogen-bond acceptors (Lipinski definition) is 4. The SMILES string of the molecule is COC(=O)Cc1ccc(CNc2c(F)ccc(C)c2F)s1. The van der Waals surface area contributed by atoms with Gasteiger partial charge in [0.05, 0.1) is 13.5 Å². The first kappa shape index (κ1) is 15.4. The Balaban J connectivity index is 2.04. The van der Waals surface area contributed by atoms with Gasteiger partial charge in [0.1, 0.15) is 11.5 Å². The molecule has 0 radical (unpaired) electrons. The van der Waals surface area contributed by atoms with E-state index < -0.39 is 11.6 Å². The van der Waals surface area contributed by atoms with Crippen molar-refractivity contribution < 1.29 is 18.3 Å². The van der Waals surface area contributed by atoms with Crippen LogP contribution >= 0.6 is 11.3 Å². The molecule has 0 atom stereocenters. The van der Waals surface area contributed by atoms with Gasteiger partial charge in [-0.2, -0.15) is 0 Å². The molecule has 3 nitrogen and oxygen atoms in total. The molecule has 1 aromatic carbocycles. The van der Waals surface area contributed by atoms with Crippen LogP contribution in [0.4, 0.5) is 14.5 Å².